The van der Waals surface area contributed by atoms with E-state index in [4.69, 9.17) is 5.73 Å². The zero-order chi connectivity index (χ0) is 12.4. The number of pyridine rings is 1. The zero-order valence-electron chi connectivity index (χ0n) is 9.20. The lowest BCUT2D eigenvalue weighted by Crippen LogP contribution is -2.39. The highest BCUT2D eigenvalue weighted by atomic mass is 79.9. The number of primary amides is 1. The molecule has 0 bridgehead atoms. The predicted molar refractivity (Wildman–Crippen MR) is 66.0 cm³/mol. The Morgan fingerprint density at radius 3 is 2.71 bits per heavy atom. The summed E-state index contributed by atoms with van der Waals surface area (Å²) < 4.78 is 14.3. The van der Waals surface area contributed by atoms with Crippen LogP contribution in [0.3, 0.4) is 0 Å². The summed E-state index contributed by atoms with van der Waals surface area (Å²) in [5.41, 5.74) is 5.25. The minimum atomic E-state index is -0.350. The molecule has 6 heteroatoms. The second-order valence-corrected chi connectivity index (χ2v) is 5.04. The van der Waals surface area contributed by atoms with Crippen LogP contribution in [0.5, 0.6) is 0 Å². The molecule has 1 aliphatic heterocycles. The van der Waals surface area contributed by atoms with Crippen LogP contribution in [0.1, 0.15) is 12.8 Å². The molecular formula is C11H13BrFN3O. The van der Waals surface area contributed by atoms with Crippen LogP contribution in [0.25, 0.3) is 0 Å². The highest BCUT2D eigenvalue weighted by molar-refractivity contribution is 9.10. The first-order chi connectivity index (χ1) is 8.08. The van der Waals surface area contributed by atoms with Gasteiger partial charge in [0.15, 0.2) is 11.6 Å². The quantitative estimate of drug-likeness (QED) is 0.904. The maximum Gasteiger partial charge on any atom is 0.220 e. The van der Waals surface area contributed by atoms with Gasteiger partial charge in [0, 0.05) is 29.7 Å². The van der Waals surface area contributed by atoms with Crippen LogP contribution >= 0.6 is 15.9 Å². The molecule has 2 heterocycles. The van der Waals surface area contributed by atoms with Gasteiger partial charge < -0.3 is 10.6 Å². The van der Waals surface area contributed by atoms with E-state index >= 15 is 0 Å². The molecule has 0 aromatic carbocycles. The fourth-order valence-electron chi connectivity index (χ4n) is 2.02. The van der Waals surface area contributed by atoms with Crippen molar-refractivity contribution in [3.63, 3.8) is 0 Å². The van der Waals surface area contributed by atoms with Crippen LogP contribution in [-0.4, -0.2) is 24.0 Å². The van der Waals surface area contributed by atoms with Crippen molar-refractivity contribution in [3.8, 4) is 0 Å². The van der Waals surface area contributed by atoms with Gasteiger partial charge in [-0.25, -0.2) is 9.37 Å². The lowest BCUT2D eigenvalue weighted by molar-refractivity contribution is -0.122. The highest BCUT2D eigenvalue weighted by Gasteiger charge is 2.25. The Balaban J connectivity index is 2.08. The van der Waals surface area contributed by atoms with Crippen LogP contribution in [0.15, 0.2) is 16.7 Å². The Hall–Kier alpha value is -1.17. The molecule has 1 aromatic rings. The van der Waals surface area contributed by atoms with E-state index in [-0.39, 0.29) is 17.6 Å². The van der Waals surface area contributed by atoms with E-state index in [1.54, 1.807) is 6.20 Å². The van der Waals surface area contributed by atoms with E-state index in [1.165, 1.54) is 6.07 Å². The summed E-state index contributed by atoms with van der Waals surface area (Å²) in [5.74, 6) is -0.369. The Morgan fingerprint density at radius 2 is 2.18 bits per heavy atom. The highest BCUT2D eigenvalue weighted by Crippen LogP contribution is 2.25. The van der Waals surface area contributed by atoms with Gasteiger partial charge in [0.25, 0.3) is 0 Å². The molecule has 2 N–H and O–H groups in total. The van der Waals surface area contributed by atoms with Crippen molar-refractivity contribution < 1.29 is 9.18 Å². The lowest BCUT2D eigenvalue weighted by atomic mass is 9.96. The summed E-state index contributed by atoms with van der Waals surface area (Å²) in [4.78, 5) is 16.9. The van der Waals surface area contributed by atoms with Crippen LogP contribution < -0.4 is 10.6 Å². The van der Waals surface area contributed by atoms with Crippen molar-refractivity contribution in [1.29, 1.82) is 0 Å². The molecule has 1 aliphatic rings. The van der Waals surface area contributed by atoms with Crippen LogP contribution in [-0.2, 0) is 4.79 Å². The number of carbonyl (C=O) groups excluding carboxylic acids is 1. The first-order valence-corrected chi connectivity index (χ1v) is 6.22. The van der Waals surface area contributed by atoms with Crippen molar-refractivity contribution in [1.82, 2.24) is 4.98 Å². The van der Waals surface area contributed by atoms with Crippen LogP contribution in [0.4, 0.5) is 10.2 Å². The molecule has 4 nitrogen and oxygen atoms in total. The topological polar surface area (TPSA) is 59.2 Å². The van der Waals surface area contributed by atoms with E-state index in [2.05, 4.69) is 20.9 Å². The number of anilines is 1. The van der Waals surface area contributed by atoms with Gasteiger partial charge in [0.05, 0.1) is 0 Å². The number of halogens is 2. The summed E-state index contributed by atoms with van der Waals surface area (Å²) in [7, 11) is 0. The summed E-state index contributed by atoms with van der Waals surface area (Å²) in [5, 5.41) is 0. The normalized spacial score (nSPS) is 17.2. The molecule has 1 aromatic heterocycles. The number of amides is 1. The van der Waals surface area contributed by atoms with Crippen molar-refractivity contribution in [2.75, 3.05) is 18.0 Å². The summed E-state index contributed by atoms with van der Waals surface area (Å²) in [6.07, 6.45) is 2.89. The lowest BCUT2D eigenvalue weighted by Gasteiger charge is -2.31. The third kappa shape index (κ3) is 2.74. The van der Waals surface area contributed by atoms with Gasteiger partial charge in [0.1, 0.15) is 0 Å². The Bertz CT molecular complexity index is 433. The van der Waals surface area contributed by atoms with Gasteiger partial charge >= 0.3 is 0 Å². The monoisotopic (exact) mass is 301 g/mol. The van der Waals surface area contributed by atoms with Gasteiger partial charge in [-0.15, -0.1) is 0 Å². The van der Waals surface area contributed by atoms with E-state index in [0.717, 1.165) is 0 Å². The van der Waals surface area contributed by atoms with Gasteiger partial charge in [0.2, 0.25) is 5.91 Å². The largest absolute Gasteiger partial charge is 0.369 e. The van der Waals surface area contributed by atoms with E-state index < -0.39 is 0 Å². The molecule has 92 valence electrons. The molecule has 1 fully saturated rings. The number of carbonyl (C=O) groups is 1. The Morgan fingerprint density at radius 1 is 1.53 bits per heavy atom. The molecule has 2 rings (SSSR count). The van der Waals surface area contributed by atoms with E-state index in [1.807, 2.05) is 4.90 Å². The molecular weight excluding hydrogens is 289 g/mol. The molecule has 17 heavy (non-hydrogen) atoms. The van der Waals surface area contributed by atoms with Crippen molar-refractivity contribution in [3.05, 3.63) is 22.6 Å². The maximum absolute atomic E-state index is 13.7. The van der Waals surface area contributed by atoms with Crippen molar-refractivity contribution in [2.45, 2.75) is 12.8 Å². The number of nitrogens with zero attached hydrogens (tertiary/aromatic N) is 2. The fraction of sp³-hybridized carbons (Fsp3) is 0.455. The SMILES string of the molecule is NC(=O)C1CCN(c2ncc(Br)cc2F)CC1. The molecule has 0 saturated carbocycles. The number of aromatic nitrogens is 1. The minimum Gasteiger partial charge on any atom is -0.369 e. The maximum atomic E-state index is 13.7. The summed E-state index contributed by atoms with van der Waals surface area (Å²) in [6, 6.07) is 1.39. The number of rotatable bonds is 2. The summed E-state index contributed by atoms with van der Waals surface area (Å²) >= 11 is 3.17. The van der Waals surface area contributed by atoms with Crippen LogP contribution in [0, 0.1) is 11.7 Å². The number of piperidine rings is 1. The average molecular weight is 302 g/mol. The van der Waals surface area contributed by atoms with Gasteiger partial charge in [-0.2, -0.15) is 0 Å². The van der Waals surface area contributed by atoms with Crippen LogP contribution in [0.2, 0.25) is 0 Å². The third-order valence-electron chi connectivity index (χ3n) is 2.99. The van der Waals surface area contributed by atoms with Crippen molar-refractivity contribution >= 4 is 27.7 Å². The molecule has 0 spiro atoms. The van der Waals surface area contributed by atoms with Gasteiger partial charge in [-0.05, 0) is 34.8 Å². The summed E-state index contributed by atoms with van der Waals surface area (Å²) in [6.45, 7) is 1.22. The fourth-order valence-corrected chi connectivity index (χ4v) is 2.32. The molecule has 1 saturated heterocycles. The minimum absolute atomic E-state index is 0.0928. The zero-order valence-corrected chi connectivity index (χ0v) is 10.8. The number of hydrogen-bond donors (Lipinski definition) is 1. The molecule has 0 unspecified atom stereocenters. The first-order valence-electron chi connectivity index (χ1n) is 5.43. The standard InChI is InChI=1S/C11H13BrFN3O/c12-8-5-9(13)11(15-6-8)16-3-1-7(2-4-16)10(14)17/h5-7H,1-4H2,(H2,14,17). The number of nitrogens with two attached hydrogens (primary N) is 1. The molecule has 1 amide bonds. The second kappa shape index (κ2) is 5.00. The third-order valence-corrected chi connectivity index (χ3v) is 3.42. The Kier molecular flexibility index (Phi) is 3.61. The molecule has 0 radical (unpaired) electrons. The van der Waals surface area contributed by atoms with Gasteiger partial charge in [-0.3, -0.25) is 4.79 Å². The smallest absolute Gasteiger partial charge is 0.220 e. The number of hydrogen-bond acceptors (Lipinski definition) is 3. The van der Waals surface area contributed by atoms with E-state index in [9.17, 15) is 9.18 Å². The van der Waals surface area contributed by atoms with Crippen molar-refractivity contribution in [2.24, 2.45) is 11.7 Å². The average Bonchev–Trinajstić information content (AvgIpc) is 2.29. The molecule has 0 aliphatic carbocycles. The predicted octanol–water partition coefficient (Wildman–Crippen LogP) is 1.68. The Labute approximate surface area is 107 Å². The molecule has 0 atom stereocenters. The van der Waals surface area contributed by atoms with Gasteiger partial charge in [-0.1, -0.05) is 0 Å². The van der Waals surface area contributed by atoms with E-state index in [0.29, 0.717) is 36.2 Å². The first kappa shape index (κ1) is 12.3. The second-order valence-electron chi connectivity index (χ2n) is 4.12.